The summed E-state index contributed by atoms with van der Waals surface area (Å²) in [6.07, 6.45) is 1.63. The first-order chi connectivity index (χ1) is 10.3. The number of thioether (sulfide) groups is 1. The van der Waals surface area contributed by atoms with Crippen molar-refractivity contribution >= 4 is 11.8 Å². The molecule has 6 nitrogen and oxygen atoms in total. The van der Waals surface area contributed by atoms with Crippen molar-refractivity contribution in [1.82, 2.24) is 20.2 Å². The Balaban J connectivity index is 1.63. The van der Waals surface area contributed by atoms with E-state index >= 15 is 0 Å². The van der Waals surface area contributed by atoms with Crippen LogP contribution < -0.4 is 0 Å². The Morgan fingerprint density at radius 2 is 1.95 bits per heavy atom. The molecule has 0 fully saturated rings. The minimum absolute atomic E-state index is 0.0643. The Kier molecular flexibility index (Phi) is 4.32. The molecule has 1 aromatic carbocycles. The van der Waals surface area contributed by atoms with Crippen LogP contribution in [0.25, 0.3) is 0 Å². The van der Waals surface area contributed by atoms with Gasteiger partial charge in [0.1, 0.15) is 12.3 Å². The van der Waals surface area contributed by atoms with Gasteiger partial charge in [-0.25, -0.2) is 4.68 Å². The predicted octanol–water partition coefficient (Wildman–Crippen LogP) is 2.10. The van der Waals surface area contributed by atoms with Gasteiger partial charge in [0, 0.05) is 5.75 Å². The van der Waals surface area contributed by atoms with Gasteiger partial charge in [-0.15, -0.1) is 5.10 Å². The highest BCUT2D eigenvalue weighted by atomic mass is 32.2. The lowest BCUT2D eigenvalue weighted by Gasteiger charge is -2.03. The minimum atomic E-state index is 0.0643. The predicted molar refractivity (Wildman–Crippen MR) is 77.6 cm³/mol. The summed E-state index contributed by atoms with van der Waals surface area (Å²) in [5.41, 5.74) is 2.07. The zero-order valence-electron chi connectivity index (χ0n) is 11.2. The lowest BCUT2D eigenvalue weighted by atomic mass is 10.2. The summed E-state index contributed by atoms with van der Waals surface area (Å²) in [6, 6.07) is 11.6. The first-order valence-electron chi connectivity index (χ1n) is 6.45. The van der Waals surface area contributed by atoms with E-state index in [4.69, 9.17) is 9.52 Å². The van der Waals surface area contributed by atoms with Crippen LogP contribution in [0.15, 0.2) is 52.2 Å². The number of aromatic nitrogens is 4. The molecule has 0 amide bonds. The van der Waals surface area contributed by atoms with Crippen molar-refractivity contribution in [3.8, 4) is 0 Å². The molecule has 108 valence electrons. The highest BCUT2D eigenvalue weighted by molar-refractivity contribution is 7.98. The fourth-order valence-electron chi connectivity index (χ4n) is 1.84. The summed E-state index contributed by atoms with van der Waals surface area (Å²) in [5.74, 6) is 1.58. The summed E-state index contributed by atoms with van der Waals surface area (Å²) in [4.78, 5) is 0. The normalized spacial score (nSPS) is 10.9. The Bertz CT molecular complexity index is 679. The number of aliphatic hydroxyl groups is 1. The van der Waals surface area contributed by atoms with E-state index in [9.17, 15) is 0 Å². The number of tetrazole rings is 1. The quantitative estimate of drug-likeness (QED) is 0.703. The highest BCUT2D eigenvalue weighted by Gasteiger charge is 2.09. The summed E-state index contributed by atoms with van der Waals surface area (Å²) in [6.45, 7) is 0.584. The van der Waals surface area contributed by atoms with Crippen LogP contribution in [0.3, 0.4) is 0 Å². The number of rotatable bonds is 6. The molecule has 0 atom stereocenters. The summed E-state index contributed by atoms with van der Waals surface area (Å²) >= 11 is 1.56. The van der Waals surface area contributed by atoms with Gasteiger partial charge in [-0.1, -0.05) is 36.0 Å². The molecular weight excluding hydrogens is 288 g/mol. The lowest BCUT2D eigenvalue weighted by molar-refractivity contribution is 0.282. The van der Waals surface area contributed by atoms with Gasteiger partial charge in [0.25, 0.3) is 0 Å². The van der Waals surface area contributed by atoms with Gasteiger partial charge in [0.2, 0.25) is 5.16 Å². The van der Waals surface area contributed by atoms with Crippen LogP contribution >= 0.6 is 11.8 Å². The average molecular weight is 302 g/mol. The van der Waals surface area contributed by atoms with Gasteiger partial charge in [0.05, 0.1) is 12.9 Å². The number of benzene rings is 1. The molecule has 3 rings (SSSR count). The molecule has 0 aliphatic carbocycles. The topological polar surface area (TPSA) is 77.0 Å². The summed E-state index contributed by atoms with van der Waals surface area (Å²) in [7, 11) is 0. The van der Waals surface area contributed by atoms with E-state index in [1.165, 1.54) is 0 Å². The van der Waals surface area contributed by atoms with E-state index in [-0.39, 0.29) is 6.61 Å². The zero-order valence-corrected chi connectivity index (χ0v) is 12.0. The van der Waals surface area contributed by atoms with Crippen molar-refractivity contribution < 1.29 is 9.52 Å². The second-order valence-electron chi connectivity index (χ2n) is 4.46. The average Bonchev–Trinajstić information content (AvgIpc) is 3.18. The third kappa shape index (κ3) is 3.50. The Morgan fingerprint density at radius 1 is 1.14 bits per heavy atom. The number of nitrogens with zero attached hydrogens (tertiary/aromatic N) is 4. The maximum Gasteiger partial charge on any atom is 0.210 e. The van der Waals surface area contributed by atoms with Crippen molar-refractivity contribution in [3.63, 3.8) is 0 Å². The van der Waals surface area contributed by atoms with Crippen molar-refractivity contribution in [3.05, 3.63) is 59.5 Å². The second-order valence-corrected chi connectivity index (χ2v) is 5.40. The molecule has 0 saturated carbocycles. The van der Waals surface area contributed by atoms with E-state index in [1.807, 2.05) is 36.4 Å². The van der Waals surface area contributed by atoms with Gasteiger partial charge in [0.15, 0.2) is 0 Å². The molecule has 2 heterocycles. The standard InChI is InChI=1S/C14H14N4O2S/c19-9-11-3-5-12(6-4-11)10-21-14-15-16-17-18(14)8-13-2-1-7-20-13/h1-7,19H,8-10H2. The number of furan rings is 1. The molecule has 0 spiro atoms. The fourth-order valence-corrected chi connectivity index (χ4v) is 2.67. The first kappa shape index (κ1) is 13.8. The SMILES string of the molecule is OCc1ccc(CSc2nnnn2Cc2ccco2)cc1. The van der Waals surface area contributed by atoms with Gasteiger partial charge in [-0.05, 0) is 33.7 Å². The Labute approximate surface area is 125 Å². The van der Waals surface area contributed by atoms with Crippen LogP contribution in [0.5, 0.6) is 0 Å². The van der Waals surface area contributed by atoms with Crippen LogP contribution in [-0.4, -0.2) is 25.3 Å². The van der Waals surface area contributed by atoms with E-state index < -0.39 is 0 Å². The van der Waals surface area contributed by atoms with Crippen LogP contribution in [0, 0.1) is 0 Å². The monoisotopic (exact) mass is 302 g/mol. The van der Waals surface area contributed by atoms with E-state index in [0.29, 0.717) is 6.54 Å². The van der Waals surface area contributed by atoms with Crippen LogP contribution in [0.1, 0.15) is 16.9 Å². The Morgan fingerprint density at radius 3 is 2.67 bits per heavy atom. The fraction of sp³-hybridized carbons (Fsp3) is 0.214. The van der Waals surface area contributed by atoms with Crippen LogP contribution in [-0.2, 0) is 18.9 Å². The molecule has 3 aromatic rings. The van der Waals surface area contributed by atoms with Gasteiger partial charge in [-0.2, -0.15) is 0 Å². The highest BCUT2D eigenvalue weighted by Crippen LogP contribution is 2.21. The number of aliphatic hydroxyl groups excluding tert-OH is 1. The number of hydrogen-bond donors (Lipinski definition) is 1. The smallest absolute Gasteiger partial charge is 0.210 e. The molecule has 0 bridgehead atoms. The zero-order chi connectivity index (χ0) is 14.5. The Hall–Kier alpha value is -2.12. The maximum absolute atomic E-state index is 9.02. The maximum atomic E-state index is 9.02. The molecule has 7 heteroatoms. The van der Waals surface area contributed by atoms with Crippen molar-refractivity contribution in [1.29, 1.82) is 0 Å². The minimum Gasteiger partial charge on any atom is -0.467 e. The molecular formula is C14H14N4O2S. The molecule has 0 saturated heterocycles. The van der Waals surface area contributed by atoms with Crippen LogP contribution in [0.4, 0.5) is 0 Å². The van der Waals surface area contributed by atoms with Gasteiger partial charge >= 0.3 is 0 Å². The van der Waals surface area contributed by atoms with Gasteiger partial charge in [-0.3, -0.25) is 0 Å². The molecule has 0 aliphatic rings. The summed E-state index contributed by atoms with van der Waals surface area (Å²) in [5, 5.41) is 21.5. The summed E-state index contributed by atoms with van der Waals surface area (Å²) < 4.78 is 7.01. The van der Waals surface area contributed by atoms with E-state index in [2.05, 4.69) is 15.5 Å². The third-order valence-electron chi connectivity index (χ3n) is 2.96. The second kappa shape index (κ2) is 6.55. The van der Waals surface area contributed by atoms with Gasteiger partial charge < -0.3 is 9.52 Å². The largest absolute Gasteiger partial charge is 0.467 e. The first-order valence-corrected chi connectivity index (χ1v) is 7.44. The molecule has 0 unspecified atom stereocenters. The third-order valence-corrected chi connectivity index (χ3v) is 3.99. The van der Waals surface area contributed by atoms with Crippen LogP contribution in [0.2, 0.25) is 0 Å². The molecule has 2 aromatic heterocycles. The van der Waals surface area contributed by atoms with E-state index in [1.54, 1.807) is 22.7 Å². The van der Waals surface area contributed by atoms with Crippen molar-refractivity contribution in [2.45, 2.75) is 24.1 Å². The van der Waals surface area contributed by atoms with Crippen molar-refractivity contribution in [2.24, 2.45) is 0 Å². The molecule has 1 N–H and O–H groups in total. The molecule has 0 aliphatic heterocycles. The number of hydrogen-bond acceptors (Lipinski definition) is 6. The molecule has 0 radical (unpaired) electrons. The van der Waals surface area contributed by atoms with E-state index in [0.717, 1.165) is 27.8 Å². The lowest BCUT2D eigenvalue weighted by Crippen LogP contribution is -2.03. The molecule has 21 heavy (non-hydrogen) atoms. The van der Waals surface area contributed by atoms with Crippen molar-refractivity contribution in [2.75, 3.05) is 0 Å².